The van der Waals surface area contributed by atoms with E-state index in [2.05, 4.69) is 26.4 Å². The maximum absolute atomic E-state index is 13.9. The summed E-state index contributed by atoms with van der Waals surface area (Å²) in [6.07, 6.45) is 1.66. The predicted molar refractivity (Wildman–Crippen MR) is 134 cm³/mol. The highest BCUT2D eigenvalue weighted by molar-refractivity contribution is 9.10. The van der Waals surface area contributed by atoms with Gasteiger partial charge in [0.2, 0.25) is 0 Å². The number of halogens is 2. The Bertz CT molecular complexity index is 1190. The number of carbonyl (C=O) groups is 2. The minimum Gasteiger partial charge on any atom is -0.478 e. The summed E-state index contributed by atoms with van der Waals surface area (Å²) in [6.45, 7) is 3.29. The number of morpholine rings is 1. The van der Waals surface area contributed by atoms with Gasteiger partial charge in [0.15, 0.2) is 10.8 Å². The largest absolute Gasteiger partial charge is 0.478 e. The lowest BCUT2D eigenvalue weighted by Crippen LogP contribution is -2.54. The van der Waals surface area contributed by atoms with Crippen LogP contribution in [-0.2, 0) is 19.2 Å². The van der Waals surface area contributed by atoms with Gasteiger partial charge in [0.05, 0.1) is 37.6 Å². The van der Waals surface area contributed by atoms with Crippen LogP contribution in [0.4, 0.5) is 4.39 Å². The quantitative estimate of drug-likeness (QED) is 0.457. The van der Waals surface area contributed by atoms with E-state index < -0.39 is 29.8 Å². The van der Waals surface area contributed by atoms with Crippen molar-refractivity contribution < 1.29 is 28.7 Å². The fourth-order valence-corrected chi connectivity index (χ4v) is 5.57. The maximum Gasteiger partial charge on any atom is 0.335 e. The van der Waals surface area contributed by atoms with E-state index in [0.717, 1.165) is 0 Å². The van der Waals surface area contributed by atoms with E-state index in [1.54, 1.807) is 12.3 Å². The molecule has 1 saturated heterocycles. The first kappa shape index (κ1) is 26.4. The summed E-state index contributed by atoms with van der Waals surface area (Å²) in [4.78, 5) is 43.0. The highest BCUT2D eigenvalue weighted by Crippen LogP contribution is 2.40. The summed E-state index contributed by atoms with van der Waals surface area (Å²) in [5.41, 5.74) is 3.23. The third kappa shape index (κ3) is 5.34. The molecule has 13 heteroatoms. The van der Waals surface area contributed by atoms with Gasteiger partial charge in [-0.15, -0.1) is 11.3 Å². The third-order valence-corrected chi connectivity index (χ3v) is 7.41. The SMILES string of the molecule is CCN1C(c2nccs2)=NC(CN2CCOC[C@H]2C(=O)NOC)=C(C(=O)O)C1c1ccc(F)cc1Br. The van der Waals surface area contributed by atoms with Crippen molar-refractivity contribution in [3.8, 4) is 0 Å². The average molecular weight is 582 g/mol. The van der Waals surface area contributed by atoms with Crippen LogP contribution < -0.4 is 5.48 Å². The zero-order valence-corrected chi connectivity index (χ0v) is 22.0. The van der Waals surface area contributed by atoms with Crippen molar-refractivity contribution in [1.82, 2.24) is 20.3 Å². The summed E-state index contributed by atoms with van der Waals surface area (Å²) >= 11 is 4.80. The first-order valence-electron chi connectivity index (χ1n) is 11.2. The van der Waals surface area contributed by atoms with Crippen molar-refractivity contribution in [2.75, 3.05) is 40.0 Å². The lowest BCUT2D eigenvalue weighted by atomic mass is 9.93. The number of rotatable bonds is 8. The van der Waals surface area contributed by atoms with Crippen LogP contribution >= 0.6 is 27.3 Å². The molecule has 3 heterocycles. The van der Waals surface area contributed by atoms with Crippen LogP contribution in [0.3, 0.4) is 0 Å². The number of amidine groups is 1. The van der Waals surface area contributed by atoms with Crippen LogP contribution in [-0.4, -0.2) is 83.6 Å². The van der Waals surface area contributed by atoms with Gasteiger partial charge in [-0.3, -0.25) is 14.5 Å². The molecule has 0 spiro atoms. The van der Waals surface area contributed by atoms with Gasteiger partial charge < -0.3 is 14.7 Å². The number of amides is 1. The number of likely N-dealkylation sites (N-methyl/N-ethyl adjacent to an activating group) is 1. The number of ether oxygens (including phenoxy) is 1. The Morgan fingerprint density at radius 1 is 1.42 bits per heavy atom. The molecule has 2 aliphatic heterocycles. The number of aliphatic carboxylic acids is 1. The number of benzene rings is 1. The maximum atomic E-state index is 13.9. The van der Waals surface area contributed by atoms with Crippen molar-refractivity contribution in [2.45, 2.75) is 19.0 Å². The molecule has 36 heavy (non-hydrogen) atoms. The van der Waals surface area contributed by atoms with E-state index in [1.807, 2.05) is 22.1 Å². The number of hydrogen-bond acceptors (Lipinski definition) is 9. The second kappa shape index (κ2) is 11.6. The van der Waals surface area contributed by atoms with Crippen molar-refractivity contribution in [1.29, 1.82) is 0 Å². The molecule has 0 bridgehead atoms. The molecule has 10 nitrogen and oxygen atoms in total. The number of carbonyl (C=O) groups excluding carboxylic acids is 1. The molecule has 1 fully saturated rings. The van der Waals surface area contributed by atoms with Crippen molar-refractivity contribution in [2.24, 2.45) is 4.99 Å². The van der Waals surface area contributed by atoms with E-state index in [4.69, 9.17) is 14.6 Å². The molecule has 2 atom stereocenters. The summed E-state index contributed by atoms with van der Waals surface area (Å²) in [6, 6.07) is 2.71. The average Bonchev–Trinajstić information content (AvgIpc) is 3.38. The number of nitrogens with one attached hydrogen (secondary N) is 1. The van der Waals surface area contributed by atoms with Gasteiger partial charge >= 0.3 is 5.97 Å². The van der Waals surface area contributed by atoms with Crippen LogP contribution in [0, 0.1) is 5.82 Å². The summed E-state index contributed by atoms with van der Waals surface area (Å²) in [7, 11) is 1.34. The van der Waals surface area contributed by atoms with Crippen LogP contribution in [0.5, 0.6) is 0 Å². The zero-order chi connectivity index (χ0) is 25.8. The molecular weight excluding hydrogens is 557 g/mol. The topological polar surface area (TPSA) is 117 Å². The minimum atomic E-state index is -1.15. The molecule has 1 amide bonds. The molecule has 0 aliphatic carbocycles. The molecule has 192 valence electrons. The third-order valence-electron chi connectivity index (χ3n) is 5.96. The number of aliphatic imine (C=N–C) groups is 1. The predicted octanol–water partition coefficient (Wildman–Crippen LogP) is 2.59. The highest BCUT2D eigenvalue weighted by Gasteiger charge is 2.40. The Labute approximate surface area is 219 Å². The molecule has 1 aromatic heterocycles. The Morgan fingerprint density at radius 2 is 2.22 bits per heavy atom. The van der Waals surface area contributed by atoms with Gasteiger partial charge in [0, 0.05) is 35.7 Å². The first-order chi connectivity index (χ1) is 17.3. The van der Waals surface area contributed by atoms with Gasteiger partial charge in [-0.25, -0.2) is 24.6 Å². The lowest BCUT2D eigenvalue weighted by Gasteiger charge is -2.40. The lowest BCUT2D eigenvalue weighted by molar-refractivity contribution is -0.142. The molecule has 2 aromatic rings. The number of thiazole rings is 1. The van der Waals surface area contributed by atoms with Gasteiger partial charge in [-0.1, -0.05) is 22.0 Å². The standard InChI is InChI=1S/C23H25BrFN5O5S/c1-3-30-19(14-5-4-13(25)10-15(14)24)18(23(32)33)16(27-20(30)22-26-6-9-36-22)11-29-7-8-35-12-17(29)21(31)28-34-2/h4-6,9-10,17,19H,3,7-8,11-12H2,1-2H3,(H,28,31)(H,32,33)/t17-,19?/m0/s1. The molecule has 4 rings (SSSR count). The van der Waals surface area contributed by atoms with Crippen LogP contribution in [0.1, 0.15) is 23.5 Å². The second-order valence-electron chi connectivity index (χ2n) is 8.02. The molecule has 0 saturated carbocycles. The molecule has 1 unspecified atom stereocenters. The molecular formula is C23H25BrFN5O5S. The number of aromatic nitrogens is 1. The molecule has 2 aliphatic rings. The van der Waals surface area contributed by atoms with Crippen LogP contribution in [0.25, 0.3) is 0 Å². The summed E-state index contributed by atoms with van der Waals surface area (Å²) < 4.78 is 19.9. The van der Waals surface area contributed by atoms with Crippen LogP contribution in [0.2, 0.25) is 0 Å². The number of nitrogens with zero attached hydrogens (tertiary/aromatic N) is 4. The summed E-state index contributed by atoms with van der Waals surface area (Å²) in [5.74, 6) is -1.49. The normalized spacial score (nSPS) is 20.9. The van der Waals surface area contributed by atoms with Gasteiger partial charge in [-0.2, -0.15) is 0 Å². The zero-order valence-electron chi connectivity index (χ0n) is 19.6. The van der Waals surface area contributed by atoms with Gasteiger partial charge in [0.1, 0.15) is 11.9 Å². The van der Waals surface area contributed by atoms with Gasteiger partial charge in [-0.05, 0) is 24.6 Å². The fraction of sp³-hybridized carbons (Fsp3) is 0.391. The van der Waals surface area contributed by atoms with Crippen molar-refractivity contribution >= 4 is 45.0 Å². The van der Waals surface area contributed by atoms with E-state index in [0.29, 0.717) is 40.6 Å². The number of hydroxylamine groups is 1. The number of carboxylic acid groups (broad SMARTS) is 1. The van der Waals surface area contributed by atoms with E-state index in [1.165, 1.54) is 30.6 Å². The second-order valence-corrected chi connectivity index (χ2v) is 9.77. The highest BCUT2D eigenvalue weighted by atomic mass is 79.9. The monoisotopic (exact) mass is 581 g/mol. The minimum absolute atomic E-state index is 0.0434. The van der Waals surface area contributed by atoms with Crippen molar-refractivity contribution in [3.63, 3.8) is 0 Å². The van der Waals surface area contributed by atoms with Crippen LogP contribution in [0.15, 0.2) is 50.5 Å². The van der Waals surface area contributed by atoms with E-state index in [9.17, 15) is 19.1 Å². The number of carboxylic acids is 1. The Kier molecular flexibility index (Phi) is 8.46. The Hall–Kier alpha value is -2.71. The Balaban J connectivity index is 1.86. The Morgan fingerprint density at radius 3 is 2.86 bits per heavy atom. The summed E-state index contributed by atoms with van der Waals surface area (Å²) in [5, 5.41) is 12.8. The number of hydrogen-bond donors (Lipinski definition) is 2. The molecule has 1 aromatic carbocycles. The molecule has 0 radical (unpaired) electrons. The fourth-order valence-electron chi connectivity index (χ4n) is 4.36. The first-order valence-corrected chi connectivity index (χ1v) is 12.8. The van der Waals surface area contributed by atoms with E-state index >= 15 is 0 Å². The van der Waals surface area contributed by atoms with Crippen molar-refractivity contribution in [3.05, 3.63) is 61.9 Å². The van der Waals surface area contributed by atoms with Gasteiger partial charge in [0.25, 0.3) is 5.91 Å². The smallest absolute Gasteiger partial charge is 0.335 e. The van der Waals surface area contributed by atoms with E-state index in [-0.39, 0.29) is 24.4 Å². The molecule has 2 N–H and O–H groups in total.